The van der Waals surface area contributed by atoms with E-state index in [-0.39, 0.29) is 69.4 Å². The number of nitrogens with zero attached hydrogens (tertiary/aromatic N) is 2. The molecular weight excluding hydrogens is 1050 g/mol. The molecule has 6 atom stereocenters. The number of primary amides is 1. The van der Waals surface area contributed by atoms with Crippen LogP contribution in [0.3, 0.4) is 0 Å². The van der Waals surface area contributed by atoms with Crippen LogP contribution in [0.25, 0.3) is 11.1 Å². The predicted molar refractivity (Wildman–Crippen MR) is 286 cm³/mol. The fraction of sp³-hybridized carbons (Fsp3) is 0.509. The van der Waals surface area contributed by atoms with Gasteiger partial charge in [0.1, 0.15) is 42.2 Å². The van der Waals surface area contributed by atoms with E-state index in [0.29, 0.717) is 18.5 Å². The van der Waals surface area contributed by atoms with Crippen LogP contribution in [-0.4, -0.2) is 140 Å². The number of carboxylic acids is 2. The molecule has 0 unspecified atom stereocenters. The van der Waals surface area contributed by atoms with Crippen molar-refractivity contribution in [1.82, 2.24) is 36.1 Å². The lowest BCUT2D eigenvalue weighted by Crippen LogP contribution is -2.56. The van der Waals surface area contributed by atoms with Gasteiger partial charge >= 0.3 is 11.9 Å². The Morgan fingerprint density at radius 1 is 0.725 bits per heavy atom. The van der Waals surface area contributed by atoms with Crippen LogP contribution in [0, 0.1) is 23.0 Å². The molecule has 2 aromatic carbocycles. The van der Waals surface area contributed by atoms with Crippen molar-refractivity contribution in [2.45, 2.75) is 142 Å². The number of aliphatic hydroxyl groups excluding tert-OH is 1. The number of hydrogen-bond donors (Lipinski definition) is 10. The molecule has 80 heavy (non-hydrogen) atoms. The fourth-order valence-corrected chi connectivity index (χ4v) is 8.58. The summed E-state index contributed by atoms with van der Waals surface area (Å²) < 4.78 is 31.8. The SMILES string of the molecule is C[C@H](CC(=O)[C@H](C)NC(=O)CCC(=O)CCC(=O)O)C(=O)N[C@@H](CC(N)=O)C(=O)N[C@@H](CCN(C(=O)CO)[C@@H](c1cc(-c2cc(F)ccc2F)cn1Cc1ccccc1)C(C)(C)C)C(=O)NCCC(=O)NCCCC[C@H](N)C(=O)O. The minimum atomic E-state index is -1.75. The number of Topliss-reactive ketones (excluding diaryl/α,β-unsaturated/α-hetero) is 2. The molecule has 1 aromatic heterocycles. The number of nitrogens with one attached hydrogen (secondary N) is 5. The maximum Gasteiger partial charge on any atom is 0.320 e. The molecule has 438 valence electrons. The van der Waals surface area contributed by atoms with Gasteiger partial charge in [0.25, 0.3) is 0 Å². The van der Waals surface area contributed by atoms with Gasteiger partial charge in [0.2, 0.25) is 41.4 Å². The van der Waals surface area contributed by atoms with Crippen LogP contribution < -0.4 is 38.1 Å². The number of aromatic nitrogens is 1. The van der Waals surface area contributed by atoms with E-state index in [9.17, 15) is 62.2 Å². The van der Waals surface area contributed by atoms with E-state index in [1.54, 1.807) is 37.6 Å². The number of rotatable bonds is 35. The van der Waals surface area contributed by atoms with Crippen LogP contribution in [0.1, 0.15) is 123 Å². The summed E-state index contributed by atoms with van der Waals surface area (Å²) in [5.74, 6) is -12.0. The normalized spacial score (nSPS) is 13.5. The Bertz CT molecular complexity index is 2680. The number of carboxylic acid groups (broad SMARTS) is 2. The number of carbonyl (C=O) groups is 11. The molecule has 12 N–H and O–H groups in total. The lowest BCUT2D eigenvalue weighted by Gasteiger charge is -2.41. The Labute approximate surface area is 462 Å². The topological polar surface area (TPSA) is 369 Å². The first kappa shape index (κ1) is 66.4. The third-order valence-electron chi connectivity index (χ3n) is 12.9. The first-order valence-electron chi connectivity index (χ1n) is 26.2. The predicted octanol–water partition coefficient (Wildman–Crippen LogP) is 2.14. The lowest BCUT2D eigenvalue weighted by molar-refractivity contribution is -0.140. The molecule has 0 aliphatic carbocycles. The zero-order valence-corrected chi connectivity index (χ0v) is 45.7. The number of benzene rings is 2. The van der Waals surface area contributed by atoms with Gasteiger partial charge in [-0.15, -0.1) is 0 Å². The summed E-state index contributed by atoms with van der Waals surface area (Å²) in [7, 11) is 0. The quantitative estimate of drug-likeness (QED) is 0.0377. The van der Waals surface area contributed by atoms with Crippen molar-refractivity contribution in [1.29, 1.82) is 0 Å². The number of unbranched alkanes of at least 4 members (excludes halogenated alkanes) is 1. The van der Waals surface area contributed by atoms with Crippen LogP contribution in [0.4, 0.5) is 8.78 Å². The monoisotopic (exact) mass is 1120 g/mol. The smallest absolute Gasteiger partial charge is 0.320 e. The van der Waals surface area contributed by atoms with E-state index >= 15 is 4.39 Å². The standard InChI is InChI=1S/C55H75F2N9O14/c1-32(25-44(69)33(2)62-47(72)18-15-37(68)16-19-49(74)75)51(76)64-42(28-45(59)70)53(78)63-41(52(77)61-23-20-46(71)60-22-10-9-13-40(58)54(79)80)21-24-66(48(73)31-67)50(55(3,4)5)43-26-35(38-27-36(56)14-17-39(38)57)30-65(43)29-34-11-7-6-8-12-34/h6-8,11-12,14,17,26-27,30,32-33,40-42,50,67H,9-10,13,15-16,18-25,28-29,31,58H2,1-5H3,(H2,59,70)(H,60,71)(H,61,77)(H,62,72)(H,63,78)(H,64,76)(H,74,75)(H,79,80)/t32-,33+,40+,41+,42+,50+/m1/s1. The van der Waals surface area contributed by atoms with E-state index in [1.165, 1.54) is 18.7 Å². The minimum absolute atomic E-state index is 0.0737. The number of nitrogens with two attached hydrogens (primary N) is 2. The molecule has 0 spiro atoms. The molecule has 7 amide bonds. The van der Waals surface area contributed by atoms with Crippen molar-refractivity contribution in [2.24, 2.45) is 22.8 Å². The third-order valence-corrected chi connectivity index (χ3v) is 12.9. The first-order chi connectivity index (χ1) is 37.6. The van der Waals surface area contributed by atoms with Crippen molar-refractivity contribution in [3.8, 4) is 11.1 Å². The highest BCUT2D eigenvalue weighted by Crippen LogP contribution is 2.41. The van der Waals surface area contributed by atoms with Crippen molar-refractivity contribution in [3.05, 3.63) is 83.7 Å². The number of amides is 7. The number of aliphatic hydroxyl groups is 1. The highest BCUT2D eigenvalue weighted by molar-refractivity contribution is 5.97. The molecule has 0 aliphatic rings. The maximum atomic E-state index is 15.4. The molecule has 0 aliphatic heterocycles. The van der Waals surface area contributed by atoms with Crippen molar-refractivity contribution >= 4 is 64.9 Å². The van der Waals surface area contributed by atoms with Crippen LogP contribution in [0.15, 0.2) is 60.8 Å². The van der Waals surface area contributed by atoms with Crippen LogP contribution in [0.2, 0.25) is 0 Å². The van der Waals surface area contributed by atoms with E-state index in [0.717, 1.165) is 23.8 Å². The Hall–Kier alpha value is -7.93. The van der Waals surface area contributed by atoms with Gasteiger partial charge in [-0.1, -0.05) is 58.0 Å². The van der Waals surface area contributed by atoms with Crippen LogP contribution in [-0.2, 0) is 59.3 Å². The zero-order valence-electron chi connectivity index (χ0n) is 45.7. The second-order valence-corrected chi connectivity index (χ2v) is 20.6. The molecule has 0 bridgehead atoms. The lowest BCUT2D eigenvalue weighted by atomic mass is 9.82. The molecule has 0 saturated carbocycles. The molecule has 23 nitrogen and oxygen atoms in total. The van der Waals surface area contributed by atoms with Gasteiger partial charge in [0.05, 0.1) is 24.9 Å². The summed E-state index contributed by atoms with van der Waals surface area (Å²) in [4.78, 5) is 142. The molecule has 25 heteroatoms. The first-order valence-corrected chi connectivity index (χ1v) is 26.2. The number of ketones is 2. The highest BCUT2D eigenvalue weighted by atomic mass is 19.1. The molecule has 0 saturated heterocycles. The van der Waals surface area contributed by atoms with Crippen molar-refractivity contribution in [2.75, 3.05) is 26.2 Å². The van der Waals surface area contributed by atoms with Gasteiger partial charge in [-0.05, 0) is 67.9 Å². The summed E-state index contributed by atoms with van der Waals surface area (Å²) in [6, 6.07) is 7.15. The second kappa shape index (κ2) is 32.2. The van der Waals surface area contributed by atoms with E-state index in [4.69, 9.17) is 21.7 Å². The average Bonchev–Trinajstić information content (AvgIpc) is 3.79. The molecule has 1 heterocycles. The van der Waals surface area contributed by atoms with Crippen molar-refractivity contribution < 1.29 is 76.8 Å². The summed E-state index contributed by atoms with van der Waals surface area (Å²) in [6.45, 7) is 6.71. The largest absolute Gasteiger partial charge is 0.481 e. The van der Waals surface area contributed by atoms with Crippen molar-refractivity contribution in [3.63, 3.8) is 0 Å². The van der Waals surface area contributed by atoms with E-state index < -0.39 is 150 Å². The van der Waals surface area contributed by atoms with E-state index in [2.05, 4.69) is 26.6 Å². The summed E-state index contributed by atoms with van der Waals surface area (Å²) >= 11 is 0. The van der Waals surface area contributed by atoms with Crippen LogP contribution in [0.5, 0.6) is 0 Å². The van der Waals surface area contributed by atoms with Crippen LogP contribution >= 0.6 is 0 Å². The summed E-state index contributed by atoms with van der Waals surface area (Å²) in [5.41, 5.74) is 11.5. The van der Waals surface area contributed by atoms with Gasteiger partial charge in [0, 0.05) is 87.2 Å². The van der Waals surface area contributed by atoms with Gasteiger partial charge in [-0.25, -0.2) is 8.78 Å². The Morgan fingerprint density at radius 3 is 2.01 bits per heavy atom. The van der Waals surface area contributed by atoms with Gasteiger partial charge in [-0.3, -0.25) is 52.7 Å². The van der Waals surface area contributed by atoms with Gasteiger partial charge in [-0.2, -0.15) is 0 Å². The van der Waals surface area contributed by atoms with E-state index in [1.807, 2.05) is 30.3 Å². The Balaban J connectivity index is 1.95. The molecule has 0 radical (unpaired) electrons. The number of carbonyl (C=O) groups excluding carboxylic acids is 9. The molecule has 0 fully saturated rings. The van der Waals surface area contributed by atoms with Gasteiger partial charge < -0.3 is 62.8 Å². The second-order valence-electron chi connectivity index (χ2n) is 20.6. The fourth-order valence-electron chi connectivity index (χ4n) is 8.58. The zero-order chi connectivity index (χ0) is 59.9. The number of aliphatic carboxylic acids is 2. The van der Waals surface area contributed by atoms with Gasteiger partial charge in [0.15, 0.2) is 5.78 Å². The molecular formula is C55H75F2N9O14. The molecule has 3 rings (SSSR count). The maximum absolute atomic E-state index is 15.4. The average molecular weight is 1120 g/mol. The minimum Gasteiger partial charge on any atom is -0.481 e. The number of halogens is 2. The Morgan fingerprint density at radius 2 is 1.39 bits per heavy atom. The Kier molecular flexibility index (Phi) is 26.7. The highest BCUT2D eigenvalue weighted by Gasteiger charge is 2.39. The summed E-state index contributed by atoms with van der Waals surface area (Å²) in [6.07, 6.45) is -0.622. The number of hydrogen-bond acceptors (Lipinski definition) is 13. The third kappa shape index (κ3) is 22.4. The summed E-state index contributed by atoms with van der Waals surface area (Å²) in [5, 5.41) is 40.8. The molecule has 3 aromatic rings.